The molecule has 2 saturated heterocycles. The third-order valence-corrected chi connectivity index (χ3v) is 8.12. The fraction of sp³-hybridized carbons (Fsp3) is 0.435. The predicted octanol–water partition coefficient (Wildman–Crippen LogP) is 2.57. The Labute approximate surface area is 183 Å². The molecule has 2 heterocycles. The molecule has 0 saturated carbocycles. The lowest BCUT2D eigenvalue weighted by molar-refractivity contribution is -0.138. The molecule has 2 aromatic rings. The summed E-state index contributed by atoms with van der Waals surface area (Å²) >= 11 is 0. The molecule has 2 aliphatic heterocycles. The van der Waals surface area contributed by atoms with Gasteiger partial charge in [-0.3, -0.25) is 9.69 Å². The van der Waals surface area contributed by atoms with Crippen LogP contribution in [0.3, 0.4) is 0 Å². The van der Waals surface area contributed by atoms with Crippen LogP contribution in [0.1, 0.15) is 18.4 Å². The van der Waals surface area contributed by atoms with Gasteiger partial charge in [0.15, 0.2) is 0 Å². The molecule has 1 amide bonds. The van der Waals surface area contributed by atoms with E-state index in [2.05, 4.69) is 17.0 Å². The monoisotopic (exact) mass is 445 g/mol. The summed E-state index contributed by atoms with van der Waals surface area (Å²) in [6.07, 6.45) is 0.938. The Morgan fingerprint density at radius 1 is 0.871 bits per heavy atom. The highest BCUT2D eigenvalue weighted by Gasteiger charge is 2.35. The average molecular weight is 446 g/mol. The lowest BCUT2D eigenvalue weighted by Crippen LogP contribution is -2.51. The summed E-state index contributed by atoms with van der Waals surface area (Å²) in [5.41, 5.74) is 1.27. The maximum Gasteiger partial charge on any atom is 0.245 e. The number of nitrogens with zero attached hydrogens (tertiary/aromatic N) is 3. The number of benzene rings is 2. The van der Waals surface area contributed by atoms with Crippen LogP contribution < -0.4 is 0 Å². The highest BCUT2D eigenvalue weighted by molar-refractivity contribution is 7.89. The van der Waals surface area contributed by atoms with Crippen molar-refractivity contribution in [3.63, 3.8) is 0 Å². The zero-order valence-corrected chi connectivity index (χ0v) is 18.3. The molecule has 0 unspecified atom stereocenters. The number of amides is 1. The summed E-state index contributed by atoms with van der Waals surface area (Å²) in [5.74, 6) is -0.802. The van der Waals surface area contributed by atoms with E-state index in [0.29, 0.717) is 25.9 Å². The van der Waals surface area contributed by atoms with Crippen LogP contribution >= 0.6 is 0 Å². The first-order chi connectivity index (χ1) is 14.9. The highest BCUT2D eigenvalue weighted by atomic mass is 32.2. The molecule has 0 radical (unpaired) electrons. The van der Waals surface area contributed by atoms with Crippen molar-refractivity contribution < 1.29 is 17.6 Å². The van der Waals surface area contributed by atoms with E-state index in [1.54, 1.807) is 0 Å². The molecule has 0 aromatic heterocycles. The molecule has 2 aliphatic rings. The van der Waals surface area contributed by atoms with Gasteiger partial charge < -0.3 is 4.90 Å². The highest BCUT2D eigenvalue weighted by Crippen LogP contribution is 2.26. The normalized spacial score (nSPS) is 19.5. The van der Waals surface area contributed by atoms with Crippen LogP contribution in [-0.4, -0.2) is 67.7 Å². The van der Waals surface area contributed by atoms with Crippen molar-refractivity contribution in [3.8, 4) is 0 Å². The molecule has 2 aromatic carbocycles. The molecule has 0 bridgehead atoms. The predicted molar refractivity (Wildman–Crippen MR) is 116 cm³/mol. The number of hydrogen-bond acceptors (Lipinski definition) is 4. The summed E-state index contributed by atoms with van der Waals surface area (Å²) in [5, 5.41) is 0. The van der Waals surface area contributed by atoms with Crippen LogP contribution in [0, 0.1) is 11.7 Å². The second-order valence-corrected chi connectivity index (χ2v) is 10.1. The molecule has 0 atom stereocenters. The summed E-state index contributed by atoms with van der Waals surface area (Å²) in [6.45, 7) is 4.42. The maximum atomic E-state index is 14.0. The summed E-state index contributed by atoms with van der Waals surface area (Å²) in [4.78, 5) is 16.9. The Bertz CT molecular complexity index is 1000. The molecule has 0 aliphatic carbocycles. The fourth-order valence-corrected chi connectivity index (χ4v) is 5.90. The van der Waals surface area contributed by atoms with Gasteiger partial charge in [-0.05, 0) is 30.5 Å². The molecule has 0 spiro atoms. The molecule has 2 fully saturated rings. The van der Waals surface area contributed by atoms with E-state index in [4.69, 9.17) is 0 Å². The van der Waals surface area contributed by atoms with Gasteiger partial charge in [-0.15, -0.1) is 0 Å². The van der Waals surface area contributed by atoms with E-state index in [0.717, 1.165) is 25.7 Å². The van der Waals surface area contributed by atoms with E-state index in [-0.39, 0.29) is 29.8 Å². The minimum Gasteiger partial charge on any atom is -0.340 e. The molecule has 6 nitrogen and oxygen atoms in total. The quantitative estimate of drug-likeness (QED) is 0.710. The van der Waals surface area contributed by atoms with Crippen LogP contribution in [0.25, 0.3) is 0 Å². The van der Waals surface area contributed by atoms with Gasteiger partial charge >= 0.3 is 0 Å². The van der Waals surface area contributed by atoms with Crippen molar-refractivity contribution in [2.75, 3.05) is 39.3 Å². The minimum atomic E-state index is -3.88. The molecule has 0 N–H and O–H groups in total. The first-order valence-electron chi connectivity index (χ1n) is 10.7. The van der Waals surface area contributed by atoms with Gasteiger partial charge in [0.05, 0.1) is 0 Å². The lowest BCUT2D eigenvalue weighted by Gasteiger charge is -2.38. The number of piperazine rings is 1. The molecular formula is C23H28FN3O3S. The van der Waals surface area contributed by atoms with Crippen LogP contribution in [0.4, 0.5) is 4.39 Å². The molecule has 166 valence electrons. The standard InChI is InChI=1S/C23H28FN3O3S/c24-21-8-4-5-9-22(21)31(29,30)27-12-10-20(11-13-27)23(28)26-16-14-25(15-17-26)18-19-6-2-1-3-7-19/h1-9,20H,10-18H2. The van der Waals surface area contributed by atoms with Crippen LogP contribution in [0.15, 0.2) is 59.5 Å². The van der Waals surface area contributed by atoms with E-state index in [9.17, 15) is 17.6 Å². The molecule has 4 rings (SSSR count). The van der Waals surface area contributed by atoms with E-state index in [1.165, 1.54) is 28.1 Å². The Hall–Kier alpha value is -2.29. The molecule has 8 heteroatoms. The second kappa shape index (κ2) is 9.46. The van der Waals surface area contributed by atoms with Crippen molar-refractivity contribution in [1.82, 2.24) is 14.1 Å². The van der Waals surface area contributed by atoms with E-state index in [1.807, 2.05) is 23.1 Å². The fourth-order valence-electron chi connectivity index (χ4n) is 4.36. The Balaban J connectivity index is 1.28. The van der Waals surface area contributed by atoms with E-state index < -0.39 is 15.8 Å². The van der Waals surface area contributed by atoms with Gasteiger partial charge in [0.1, 0.15) is 10.7 Å². The topological polar surface area (TPSA) is 60.9 Å². The van der Waals surface area contributed by atoms with Crippen molar-refractivity contribution >= 4 is 15.9 Å². The van der Waals surface area contributed by atoms with E-state index >= 15 is 0 Å². The van der Waals surface area contributed by atoms with Gasteiger partial charge in [-0.25, -0.2) is 12.8 Å². The minimum absolute atomic E-state index is 0.113. The summed E-state index contributed by atoms with van der Waals surface area (Å²) < 4.78 is 40.8. The first-order valence-corrected chi connectivity index (χ1v) is 12.2. The zero-order valence-electron chi connectivity index (χ0n) is 17.5. The largest absolute Gasteiger partial charge is 0.340 e. The molecular weight excluding hydrogens is 417 g/mol. The number of sulfonamides is 1. The summed E-state index contributed by atoms with van der Waals surface area (Å²) in [7, 11) is -3.88. The lowest BCUT2D eigenvalue weighted by atomic mass is 9.96. The second-order valence-electron chi connectivity index (χ2n) is 8.20. The van der Waals surface area contributed by atoms with Crippen molar-refractivity contribution in [1.29, 1.82) is 0 Å². The number of halogens is 1. The third kappa shape index (κ3) is 4.97. The molecule has 31 heavy (non-hydrogen) atoms. The zero-order chi connectivity index (χ0) is 21.8. The third-order valence-electron chi connectivity index (χ3n) is 6.19. The Kier molecular flexibility index (Phi) is 6.69. The Morgan fingerprint density at radius 3 is 2.13 bits per heavy atom. The average Bonchev–Trinajstić information content (AvgIpc) is 2.80. The van der Waals surface area contributed by atoms with Gasteiger partial charge in [0.2, 0.25) is 15.9 Å². The van der Waals surface area contributed by atoms with Gasteiger partial charge in [-0.1, -0.05) is 42.5 Å². The smallest absolute Gasteiger partial charge is 0.245 e. The number of rotatable bonds is 5. The SMILES string of the molecule is O=C(C1CCN(S(=O)(=O)c2ccccc2F)CC1)N1CCN(Cc2ccccc2)CC1. The van der Waals surface area contributed by atoms with Gasteiger partial charge in [-0.2, -0.15) is 4.31 Å². The number of piperidine rings is 1. The number of carbonyl (C=O) groups is 1. The van der Waals surface area contributed by atoms with Crippen LogP contribution in [0.2, 0.25) is 0 Å². The first kappa shape index (κ1) is 21.9. The van der Waals surface area contributed by atoms with Crippen LogP contribution in [0.5, 0.6) is 0 Å². The number of carbonyl (C=O) groups excluding carboxylic acids is 1. The van der Waals surface area contributed by atoms with Crippen molar-refractivity contribution in [3.05, 3.63) is 66.0 Å². The Morgan fingerprint density at radius 2 is 1.48 bits per heavy atom. The number of hydrogen-bond donors (Lipinski definition) is 0. The van der Waals surface area contributed by atoms with Crippen molar-refractivity contribution in [2.24, 2.45) is 5.92 Å². The van der Waals surface area contributed by atoms with Gasteiger partial charge in [0.25, 0.3) is 0 Å². The van der Waals surface area contributed by atoms with Crippen molar-refractivity contribution in [2.45, 2.75) is 24.3 Å². The van der Waals surface area contributed by atoms with Gasteiger partial charge in [0, 0.05) is 51.7 Å². The maximum absolute atomic E-state index is 14.0. The van der Waals surface area contributed by atoms with Crippen LogP contribution in [-0.2, 0) is 21.4 Å². The summed E-state index contributed by atoms with van der Waals surface area (Å²) in [6, 6.07) is 15.7.